The molecule has 0 unspecified atom stereocenters. The second-order valence-corrected chi connectivity index (χ2v) is 5.79. The number of halogens is 1. The van der Waals surface area contributed by atoms with Crippen LogP contribution in [0.15, 0.2) is 24.3 Å². The second kappa shape index (κ2) is 6.04. The number of nitrogens with zero attached hydrogens (tertiary/aromatic N) is 1. The Balaban J connectivity index is 1.86. The van der Waals surface area contributed by atoms with Crippen molar-refractivity contribution in [1.29, 1.82) is 0 Å². The van der Waals surface area contributed by atoms with Crippen molar-refractivity contribution in [3.63, 3.8) is 0 Å². The van der Waals surface area contributed by atoms with Crippen molar-refractivity contribution >= 4 is 34.7 Å². The smallest absolute Gasteiger partial charge is 0.319 e. The van der Waals surface area contributed by atoms with E-state index in [0.29, 0.717) is 17.3 Å². The van der Waals surface area contributed by atoms with Gasteiger partial charge in [-0.3, -0.25) is 0 Å². The van der Waals surface area contributed by atoms with E-state index in [1.54, 1.807) is 35.6 Å². The Kier molecular flexibility index (Phi) is 4.39. The summed E-state index contributed by atoms with van der Waals surface area (Å²) in [4.78, 5) is 17.2. The van der Waals surface area contributed by atoms with Gasteiger partial charge in [0.05, 0.1) is 12.2 Å². The molecule has 19 heavy (non-hydrogen) atoms. The van der Waals surface area contributed by atoms with Gasteiger partial charge in [0.15, 0.2) is 0 Å². The average Bonchev–Trinajstić information content (AvgIpc) is 2.69. The fourth-order valence-corrected chi connectivity index (χ4v) is 2.48. The lowest BCUT2D eigenvalue weighted by molar-refractivity contribution is 0.251. The summed E-state index contributed by atoms with van der Waals surface area (Å²) in [5.41, 5.74) is 1.72. The first-order valence-corrected chi connectivity index (χ1v) is 6.97. The molecule has 0 aliphatic rings. The van der Waals surface area contributed by atoms with E-state index in [1.807, 2.05) is 13.8 Å². The monoisotopic (exact) mass is 295 g/mol. The SMILES string of the molecule is Cc1nc(CNC(=O)Nc2ccc(Cl)cc2)sc1C. The van der Waals surface area contributed by atoms with Crippen molar-refractivity contribution in [3.05, 3.63) is 44.9 Å². The number of rotatable bonds is 3. The maximum absolute atomic E-state index is 11.7. The fourth-order valence-electron chi connectivity index (χ4n) is 1.48. The zero-order valence-corrected chi connectivity index (χ0v) is 12.2. The number of amides is 2. The van der Waals surface area contributed by atoms with Crippen molar-refractivity contribution in [2.75, 3.05) is 5.32 Å². The predicted molar refractivity (Wildman–Crippen MR) is 78.9 cm³/mol. The van der Waals surface area contributed by atoms with Gasteiger partial charge in [0.1, 0.15) is 5.01 Å². The molecule has 0 fully saturated rings. The van der Waals surface area contributed by atoms with Crippen LogP contribution in [-0.2, 0) is 6.54 Å². The summed E-state index contributed by atoms with van der Waals surface area (Å²) >= 11 is 7.36. The fraction of sp³-hybridized carbons (Fsp3) is 0.231. The molecule has 0 saturated heterocycles. The normalized spacial score (nSPS) is 10.3. The van der Waals surface area contributed by atoms with Crippen LogP contribution >= 0.6 is 22.9 Å². The number of benzene rings is 1. The maximum Gasteiger partial charge on any atom is 0.319 e. The lowest BCUT2D eigenvalue weighted by Crippen LogP contribution is -2.28. The third kappa shape index (κ3) is 3.94. The van der Waals surface area contributed by atoms with Crippen molar-refractivity contribution in [1.82, 2.24) is 10.3 Å². The highest BCUT2D eigenvalue weighted by Gasteiger charge is 2.06. The van der Waals surface area contributed by atoms with Gasteiger partial charge in [-0.1, -0.05) is 11.6 Å². The molecule has 0 aliphatic heterocycles. The van der Waals surface area contributed by atoms with Crippen LogP contribution in [0.5, 0.6) is 0 Å². The maximum atomic E-state index is 11.7. The minimum atomic E-state index is -0.257. The summed E-state index contributed by atoms with van der Waals surface area (Å²) in [6.45, 7) is 4.41. The van der Waals surface area contributed by atoms with Crippen LogP contribution in [0.3, 0.4) is 0 Å². The molecule has 0 saturated carbocycles. The highest BCUT2D eigenvalue weighted by molar-refractivity contribution is 7.11. The minimum absolute atomic E-state index is 0.257. The molecule has 1 aromatic heterocycles. The average molecular weight is 296 g/mol. The summed E-state index contributed by atoms with van der Waals surface area (Å²) in [5.74, 6) is 0. The topological polar surface area (TPSA) is 54.0 Å². The summed E-state index contributed by atoms with van der Waals surface area (Å²) in [6.07, 6.45) is 0. The molecule has 0 bridgehead atoms. The number of carbonyl (C=O) groups is 1. The summed E-state index contributed by atoms with van der Waals surface area (Å²) in [6, 6.07) is 6.70. The van der Waals surface area contributed by atoms with Crippen molar-refractivity contribution in [3.8, 4) is 0 Å². The van der Waals surface area contributed by atoms with Crippen LogP contribution in [0.1, 0.15) is 15.6 Å². The van der Waals surface area contributed by atoms with Crippen LogP contribution in [0.4, 0.5) is 10.5 Å². The van der Waals surface area contributed by atoms with Crippen LogP contribution in [0, 0.1) is 13.8 Å². The van der Waals surface area contributed by atoms with Gasteiger partial charge in [0.2, 0.25) is 0 Å². The number of aromatic nitrogens is 1. The van der Waals surface area contributed by atoms with Crippen LogP contribution in [-0.4, -0.2) is 11.0 Å². The molecule has 4 nitrogen and oxygen atoms in total. The van der Waals surface area contributed by atoms with Crippen molar-refractivity contribution in [2.24, 2.45) is 0 Å². The van der Waals surface area contributed by atoms with Gasteiger partial charge in [-0.05, 0) is 38.1 Å². The Labute approximate surface area is 120 Å². The van der Waals surface area contributed by atoms with Gasteiger partial charge in [-0.15, -0.1) is 11.3 Å². The molecule has 1 aromatic carbocycles. The van der Waals surface area contributed by atoms with E-state index in [-0.39, 0.29) is 6.03 Å². The largest absolute Gasteiger partial charge is 0.331 e. The Morgan fingerprint density at radius 2 is 2.00 bits per heavy atom. The molecule has 0 aliphatic carbocycles. The van der Waals surface area contributed by atoms with E-state index in [1.165, 1.54) is 4.88 Å². The van der Waals surface area contributed by atoms with E-state index >= 15 is 0 Å². The van der Waals surface area contributed by atoms with Gasteiger partial charge < -0.3 is 10.6 Å². The first-order chi connectivity index (χ1) is 9.04. The van der Waals surface area contributed by atoms with Gasteiger partial charge in [-0.2, -0.15) is 0 Å². The molecule has 2 aromatic rings. The number of aryl methyl sites for hydroxylation is 2. The molecule has 2 rings (SSSR count). The number of anilines is 1. The lowest BCUT2D eigenvalue weighted by Gasteiger charge is -2.06. The molecule has 0 radical (unpaired) electrons. The van der Waals surface area contributed by atoms with E-state index in [2.05, 4.69) is 15.6 Å². The Morgan fingerprint density at radius 1 is 1.32 bits per heavy atom. The molecule has 2 N–H and O–H groups in total. The zero-order valence-electron chi connectivity index (χ0n) is 10.7. The number of hydrogen-bond donors (Lipinski definition) is 2. The quantitative estimate of drug-likeness (QED) is 0.906. The molecular formula is C13H14ClN3OS. The lowest BCUT2D eigenvalue weighted by atomic mass is 10.3. The number of hydrogen-bond acceptors (Lipinski definition) is 3. The van der Waals surface area contributed by atoms with Gasteiger partial charge in [0.25, 0.3) is 0 Å². The standard InChI is InChI=1S/C13H14ClN3OS/c1-8-9(2)19-12(16-8)7-15-13(18)17-11-5-3-10(14)4-6-11/h3-6H,7H2,1-2H3,(H2,15,17,18). The van der Waals surface area contributed by atoms with Crippen LogP contribution in [0.2, 0.25) is 5.02 Å². The summed E-state index contributed by atoms with van der Waals surface area (Å²) in [5, 5.41) is 7.04. The molecule has 6 heteroatoms. The number of urea groups is 1. The first kappa shape index (κ1) is 13.8. The van der Waals surface area contributed by atoms with Crippen molar-refractivity contribution in [2.45, 2.75) is 20.4 Å². The van der Waals surface area contributed by atoms with Gasteiger partial charge >= 0.3 is 6.03 Å². The number of carbonyl (C=O) groups excluding carboxylic acids is 1. The van der Waals surface area contributed by atoms with E-state index < -0.39 is 0 Å². The number of nitrogens with one attached hydrogen (secondary N) is 2. The molecule has 0 spiro atoms. The Bertz CT molecular complexity index is 561. The molecule has 1 heterocycles. The van der Waals surface area contributed by atoms with E-state index in [0.717, 1.165) is 10.7 Å². The van der Waals surface area contributed by atoms with Gasteiger partial charge in [-0.25, -0.2) is 9.78 Å². The summed E-state index contributed by atoms with van der Waals surface area (Å²) < 4.78 is 0. The Morgan fingerprint density at radius 3 is 2.58 bits per heavy atom. The molecule has 2 amide bonds. The second-order valence-electron chi connectivity index (χ2n) is 4.06. The highest BCUT2D eigenvalue weighted by atomic mass is 35.5. The predicted octanol–water partition coefficient (Wildman–Crippen LogP) is 3.74. The van der Waals surface area contributed by atoms with Crippen LogP contribution in [0.25, 0.3) is 0 Å². The summed E-state index contributed by atoms with van der Waals surface area (Å²) in [7, 11) is 0. The Hall–Kier alpha value is -1.59. The number of thiazole rings is 1. The molecule has 100 valence electrons. The third-order valence-corrected chi connectivity index (χ3v) is 3.90. The first-order valence-electron chi connectivity index (χ1n) is 5.78. The van der Waals surface area contributed by atoms with Gasteiger partial charge in [0, 0.05) is 15.6 Å². The van der Waals surface area contributed by atoms with Crippen LogP contribution < -0.4 is 10.6 Å². The molecule has 0 atom stereocenters. The van der Waals surface area contributed by atoms with E-state index in [9.17, 15) is 4.79 Å². The minimum Gasteiger partial charge on any atom is -0.331 e. The van der Waals surface area contributed by atoms with E-state index in [4.69, 9.17) is 11.6 Å². The highest BCUT2D eigenvalue weighted by Crippen LogP contribution is 2.16. The third-order valence-electron chi connectivity index (χ3n) is 2.58. The molecular weight excluding hydrogens is 282 g/mol. The zero-order chi connectivity index (χ0) is 13.8. The van der Waals surface area contributed by atoms with Crippen molar-refractivity contribution < 1.29 is 4.79 Å².